The molecule has 0 bridgehead atoms. The largest absolute Gasteiger partial charge is 0.465 e. The number of aliphatic hydroxyl groups is 3. The molecule has 3 N–H and O–H groups in total. The summed E-state index contributed by atoms with van der Waals surface area (Å²) >= 11 is 0. The lowest BCUT2D eigenvalue weighted by atomic mass is 9.93. The van der Waals surface area contributed by atoms with Crippen LogP contribution in [0.1, 0.15) is 96.8 Å². The van der Waals surface area contributed by atoms with E-state index in [-0.39, 0.29) is 12.6 Å². The van der Waals surface area contributed by atoms with Gasteiger partial charge in [-0.2, -0.15) is 0 Å². The molecular weight excluding hydrogens is 356 g/mol. The van der Waals surface area contributed by atoms with Gasteiger partial charge in [-0.15, -0.1) is 0 Å². The van der Waals surface area contributed by atoms with Crippen LogP contribution in [0.4, 0.5) is 0 Å². The van der Waals surface area contributed by atoms with E-state index in [1.165, 1.54) is 57.8 Å². The highest BCUT2D eigenvalue weighted by Gasteiger charge is 2.29. The Morgan fingerprint density at radius 1 is 0.750 bits per heavy atom. The van der Waals surface area contributed by atoms with E-state index in [2.05, 4.69) is 19.1 Å². The Balaban J connectivity index is 3.45. The molecule has 0 aliphatic heterocycles. The predicted octanol–water partition coefficient (Wildman–Crippen LogP) is 4.53. The van der Waals surface area contributed by atoms with Gasteiger partial charge in [0, 0.05) is 6.42 Å². The molecule has 0 unspecified atom stereocenters. The van der Waals surface area contributed by atoms with E-state index in [0.29, 0.717) is 6.42 Å². The minimum atomic E-state index is -1.14. The first kappa shape index (κ1) is 27.1. The Bertz CT molecular complexity index is 369. The minimum Gasteiger partial charge on any atom is -0.465 e. The lowest BCUT2D eigenvalue weighted by Gasteiger charge is -2.26. The highest BCUT2D eigenvalue weighted by Crippen LogP contribution is 2.16. The molecule has 0 spiro atoms. The number of rotatable bonds is 20. The number of hydrogen-bond donors (Lipinski definition) is 3. The highest BCUT2D eigenvalue weighted by molar-refractivity contribution is 5.69. The first-order valence-corrected chi connectivity index (χ1v) is 11.3. The van der Waals surface area contributed by atoms with E-state index in [4.69, 9.17) is 4.74 Å². The maximum atomic E-state index is 11.7. The second-order valence-corrected chi connectivity index (χ2v) is 7.97. The van der Waals surface area contributed by atoms with Gasteiger partial charge in [0.25, 0.3) is 0 Å². The summed E-state index contributed by atoms with van der Waals surface area (Å²) in [5, 5.41) is 27.6. The van der Waals surface area contributed by atoms with Crippen molar-refractivity contribution >= 4 is 5.97 Å². The first-order valence-electron chi connectivity index (χ1n) is 11.3. The molecule has 0 aliphatic carbocycles. The van der Waals surface area contributed by atoms with Crippen LogP contribution in [0.25, 0.3) is 0 Å². The van der Waals surface area contributed by atoms with Crippen molar-refractivity contribution in [2.45, 2.75) is 96.8 Å². The van der Waals surface area contributed by atoms with Crippen LogP contribution in [0.3, 0.4) is 0 Å². The number of ether oxygens (including phenoxy) is 1. The second kappa shape index (κ2) is 19.4. The maximum absolute atomic E-state index is 11.7. The van der Waals surface area contributed by atoms with Crippen molar-refractivity contribution in [2.24, 2.45) is 5.41 Å². The lowest BCUT2D eigenvalue weighted by Crippen LogP contribution is -2.39. The van der Waals surface area contributed by atoms with Gasteiger partial charge in [-0.3, -0.25) is 4.79 Å². The SMILES string of the molecule is CCCCCCCC/C=C\CCCCCCCC(=O)OCC(CO)(CO)CO. The van der Waals surface area contributed by atoms with Crippen LogP contribution in [-0.2, 0) is 9.53 Å². The van der Waals surface area contributed by atoms with Crippen LogP contribution in [0.2, 0.25) is 0 Å². The van der Waals surface area contributed by atoms with Crippen LogP contribution >= 0.6 is 0 Å². The number of allylic oxidation sites excluding steroid dienone is 2. The first-order chi connectivity index (χ1) is 13.6. The zero-order valence-corrected chi connectivity index (χ0v) is 18.0. The fourth-order valence-corrected chi connectivity index (χ4v) is 2.93. The van der Waals surface area contributed by atoms with Crippen LogP contribution in [0.15, 0.2) is 12.2 Å². The molecule has 0 radical (unpaired) electrons. The molecule has 0 saturated heterocycles. The van der Waals surface area contributed by atoms with E-state index in [1.54, 1.807) is 0 Å². The molecule has 166 valence electrons. The Morgan fingerprint density at radius 3 is 1.71 bits per heavy atom. The van der Waals surface area contributed by atoms with Crippen LogP contribution < -0.4 is 0 Å². The minimum absolute atomic E-state index is 0.152. The second-order valence-electron chi connectivity index (χ2n) is 7.97. The van der Waals surface area contributed by atoms with Gasteiger partial charge in [0.1, 0.15) is 6.61 Å². The average molecular weight is 401 g/mol. The number of hydrogen-bond acceptors (Lipinski definition) is 5. The van der Waals surface area contributed by atoms with E-state index in [0.717, 1.165) is 25.7 Å². The van der Waals surface area contributed by atoms with Crippen molar-refractivity contribution in [3.63, 3.8) is 0 Å². The maximum Gasteiger partial charge on any atom is 0.305 e. The third kappa shape index (κ3) is 15.1. The molecule has 0 heterocycles. The third-order valence-electron chi connectivity index (χ3n) is 5.19. The summed E-state index contributed by atoms with van der Waals surface area (Å²) in [5.41, 5.74) is -1.14. The topological polar surface area (TPSA) is 87.0 Å². The molecule has 0 rings (SSSR count). The van der Waals surface area contributed by atoms with Crippen LogP contribution in [-0.4, -0.2) is 47.7 Å². The van der Waals surface area contributed by atoms with Crippen molar-refractivity contribution in [2.75, 3.05) is 26.4 Å². The molecule has 0 amide bonds. The fraction of sp³-hybridized carbons (Fsp3) is 0.870. The van der Waals surface area contributed by atoms with Gasteiger partial charge in [-0.05, 0) is 32.1 Å². The van der Waals surface area contributed by atoms with Gasteiger partial charge in [0.15, 0.2) is 0 Å². The summed E-state index contributed by atoms with van der Waals surface area (Å²) in [6.45, 7) is 0.849. The van der Waals surface area contributed by atoms with Gasteiger partial charge in [-0.25, -0.2) is 0 Å². The van der Waals surface area contributed by atoms with Crippen molar-refractivity contribution in [1.82, 2.24) is 0 Å². The Kier molecular flexibility index (Phi) is 18.8. The number of carbonyl (C=O) groups excluding carboxylic acids is 1. The van der Waals surface area contributed by atoms with E-state index in [9.17, 15) is 20.1 Å². The summed E-state index contributed by atoms with van der Waals surface area (Å²) in [6, 6.07) is 0. The molecular formula is C23H44O5. The molecule has 0 fully saturated rings. The predicted molar refractivity (Wildman–Crippen MR) is 114 cm³/mol. The summed E-state index contributed by atoms with van der Waals surface area (Å²) in [6.07, 6.45) is 20.7. The summed E-state index contributed by atoms with van der Waals surface area (Å²) in [7, 11) is 0. The molecule has 0 atom stereocenters. The Labute approximate surface area is 172 Å². The van der Waals surface area contributed by atoms with Crippen molar-refractivity contribution in [1.29, 1.82) is 0 Å². The third-order valence-corrected chi connectivity index (χ3v) is 5.19. The number of aliphatic hydroxyl groups excluding tert-OH is 3. The van der Waals surface area contributed by atoms with Crippen molar-refractivity contribution in [3.05, 3.63) is 12.2 Å². The smallest absolute Gasteiger partial charge is 0.305 e. The van der Waals surface area contributed by atoms with Gasteiger partial charge in [0.05, 0.1) is 25.2 Å². The normalized spacial score (nSPS) is 12.0. The van der Waals surface area contributed by atoms with Crippen molar-refractivity contribution < 1.29 is 24.9 Å². The molecule has 5 heteroatoms. The van der Waals surface area contributed by atoms with Crippen LogP contribution in [0, 0.1) is 5.41 Å². The molecule has 0 saturated carbocycles. The molecule has 28 heavy (non-hydrogen) atoms. The van der Waals surface area contributed by atoms with Gasteiger partial charge >= 0.3 is 5.97 Å². The number of unbranched alkanes of at least 4 members (excludes halogenated alkanes) is 11. The standard InChI is InChI=1S/C23H44O5/c1-2-3-4-5-6-7-8-9-10-11-12-13-14-15-16-17-22(27)28-21-23(18-24,19-25)20-26/h9-10,24-26H,2-8,11-21H2,1H3/b10-9-. The molecule has 0 aromatic rings. The Morgan fingerprint density at radius 2 is 1.21 bits per heavy atom. The average Bonchev–Trinajstić information content (AvgIpc) is 2.72. The zero-order chi connectivity index (χ0) is 20.9. The molecule has 0 aliphatic rings. The lowest BCUT2D eigenvalue weighted by molar-refractivity contribution is -0.151. The van der Waals surface area contributed by atoms with E-state index >= 15 is 0 Å². The highest BCUT2D eigenvalue weighted by atomic mass is 16.5. The van der Waals surface area contributed by atoms with Crippen molar-refractivity contribution in [3.8, 4) is 0 Å². The summed E-state index contributed by atoms with van der Waals surface area (Å²) < 4.78 is 5.07. The molecule has 0 aromatic heterocycles. The van der Waals surface area contributed by atoms with Gasteiger partial charge in [-0.1, -0.05) is 70.4 Å². The van der Waals surface area contributed by atoms with E-state index in [1.807, 2.05) is 0 Å². The zero-order valence-electron chi connectivity index (χ0n) is 18.0. The fourth-order valence-electron chi connectivity index (χ4n) is 2.93. The summed E-state index contributed by atoms with van der Waals surface area (Å²) in [4.78, 5) is 11.7. The summed E-state index contributed by atoms with van der Waals surface area (Å²) in [5.74, 6) is -0.336. The quantitative estimate of drug-likeness (QED) is 0.159. The van der Waals surface area contributed by atoms with Gasteiger partial charge < -0.3 is 20.1 Å². The van der Waals surface area contributed by atoms with Gasteiger partial charge in [0.2, 0.25) is 0 Å². The van der Waals surface area contributed by atoms with Crippen LogP contribution in [0.5, 0.6) is 0 Å². The Hall–Kier alpha value is -0.910. The number of esters is 1. The molecule has 5 nitrogen and oxygen atoms in total. The molecule has 0 aromatic carbocycles. The van der Waals surface area contributed by atoms with E-state index < -0.39 is 25.2 Å². The number of carbonyl (C=O) groups is 1. The monoisotopic (exact) mass is 400 g/mol.